The van der Waals surface area contributed by atoms with Crippen LogP contribution in [0, 0.1) is 5.92 Å². The molecule has 1 saturated heterocycles. The van der Waals surface area contributed by atoms with Crippen molar-refractivity contribution >= 4 is 21.2 Å². The molecule has 18 heavy (non-hydrogen) atoms. The fourth-order valence-corrected chi connectivity index (χ4v) is 4.77. The highest BCUT2D eigenvalue weighted by Crippen LogP contribution is 2.24. The molecule has 0 saturated carbocycles. The van der Waals surface area contributed by atoms with Crippen LogP contribution in [-0.2, 0) is 22.7 Å². The Bertz CT molecular complexity index is 480. The first-order valence-corrected chi connectivity index (χ1v) is 9.04. The normalized spacial score (nSPS) is 21.9. The third kappa shape index (κ3) is 4.03. The topological polar surface area (TPSA) is 73.1 Å². The molecule has 0 radical (unpaired) electrons. The van der Waals surface area contributed by atoms with Crippen LogP contribution in [0.1, 0.15) is 30.5 Å². The van der Waals surface area contributed by atoms with E-state index in [1.54, 1.807) is 11.3 Å². The largest absolute Gasteiger partial charge is 0.328 e. The van der Waals surface area contributed by atoms with Crippen molar-refractivity contribution in [1.29, 1.82) is 0 Å². The number of nitrogens with zero attached hydrogens (tertiary/aromatic N) is 1. The highest BCUT2D eigenvalue weighted by atomic mass is 32.2. The summed E-state index contributed by atoms with van der Waals surface area (Å²) in [5.74, 6) is 1.16. The first kappa shape index (κ1) is 14.0. The maximum absolute atomic E-state index is 11.3. The molecular weight excluding hydrogens is 268 g/mol. The second-order valence-electron chi connectivity index (χ2n) is 5.21. The molecule has 102 valence electrons. The predicted molar refractivity (Wildman–Crippen MR) is 74.5 cm³/mol. The summed E-state index contributed by atoms with van der Waals surface area (Å²) in [6, 6.07) is 0.139. The highest BCUT2D eigenvalue weighted by Gasteiger charge is 2.24. The summed E-state index contributed by atoms with van der Waals surface area (Å²) in [6.07, 6.45) is 3.30. The summed E-state index contributed by atoms with van der Waals surface area (Å²) >= 11 is 1.67. The van der Waals surface area contributed by atoms with Crippen LogP contribution in [0.3, 0.4) is 0 Å². The van der Waals surface area contributed by atoms with Crippen LogP contribution in [-0.4, -0.2) is 30.9 Å². The fraction of sp³-hybridized carbons (Fsp3) is 0.750. The zero-order valence-corrected chi connectivity index (χ0v) is 12.3. The van der Waals surface area contributed by atoms with Gasteiger partial charge in [-0.25, -0.2) is 13.4 Å². The van der Waals surface area contributed by atoms with Crippen LogP contribution in [0.2, 0.25) is 0 Å². The zero-order valence-electron chi connectivity index (χ0n) is 10.6. The second kappa shape index (κ2) is 5.67. The summed E-state index contributed by atoms with van der Waals surface area (Å²) in [4.78, 5) is 4.57. The van der Waals surface area contributed by atoms with Gasteiger partial charge in [0.05, 0.1) is 22.2 Å². The molecule has 1 aliphatic heterocycles. The van der Waals surface area contributed by atoms with Crippen molar-refractivity contribution in [1.82, 2.24) is 4.98 Å². The number of nitrogens with two attached hydrogens (primary N) is 1. The standard InChI is InChI=1S/C12H20N2O2S2/c1-9(13)6-11-8-17-12(14-11)7-10-2-4-18(15,16)5-3-10/h8-10H,2-7,13H2,1H3. The van der Waals surface area contributed by atoms with Crippen LogP contribution < -0.4 is 5.73 Å². The van der Waals surface area contributed by atoms with E-state index in [1.807, 2.05) is 6.92 Å². The van der Waals surface area contributed by atoms with Gasteiger partial charge in [0, 0.05) is 24.3 Å². The molecule has 1 fully saturated rings. The molecule has 0 aromatic carbocycles. The highest BCUT2D eigenvalue weighted by molar-refractivity contribution is 7.91. The number of rotatable bonds is 4. The summed E-state index contributed by atoms with van der Waals surface area (Å²) < 4.78 is 22.7. The van der Waals surface area contributed by atoms with Crippen molar-refractivity contribution < 1.29 is 8.42 Å². The lowest BCUT2D eigenvalue weighted by molar-refractivity contribution is 0.461. The van der Waals surface area contributed by atoms with E-state index < -0.39 is 9.84 Å². The molecule has 1 atom stereocenters. The Morgan fingerprint density at radius 2 is 2.17 bits per heavy atom. The van der Waals surface area contributed by atoms with Crippen LogP contribution in [0.15, 0.2) is 5.38 Å². The Hall–Kier alpha value is -0.460. The van der Waals surface area contributed by atoms with Crippen LogP contribution >= 0.6 is 11.3 Å². The maximum atomic E-state index is 11.3. The molecule has 2 rings (SSSR count). The van der Waals surface area contributed by atoms with Gasteiger partial charge in [-0.15, -0.1) is 11.3 Å². The molecule has 2 N–H and O–H groups in total. The predicted octanol–water partition coefficient (Wildman–Crippen LogP) is 1.40. The molecule has 1 aromatic rings. The Balaban J connectivity index is 1.88. The molecule has 4 nitrogen and oxygen atoms in total. The van der Waals surface area contributed by atoms with E-state index in [4.69, 9.17) is 5.73 Å². The zero-order chi connectivity index (χ0) is 13.2. The molecule has 0 spiro atoms. The van der Waals surface area contributed by atoms with Gasteiger partial charge in [-0.1, -0.05) is 0 Å². The lowest BCUT2D eigenvalue weighted by Crippen LogP contribution is -2.24. The second-order valence-corrected chi connectivity index (χ2v) is 8.46. The molecule has 6 heteroatoms. The SMILES string of the molecule is CC(N)Cc1csc(CC2CCS(=O)(=O)CC2)n1. The van der Waals surface area contributed by atoms with Gasteiger partial charge >= 0.3 is 0 Å². The minimum absolute atomic E-state index is 0.139. The Morgan fingerprint density at radius 1 is 1.50 bits per heavy atom. The first-order chi connectivity index (χ1) is 8.44. The Morgan fingerprint density at radius 3 is 2.78 bits per heavy atom. The van der Waals surface area contributed by atoms with Gasteiger partial charge in [0.25, 0.3) is 0 Å². The van der Waals surface area contributed by atoms with E-state index in [-0.39, 0.29) is 6.04 Å². The van der Waals surface area contributed by atoms with E-state index in [9.17, 15) is 8.42 Å². The van der Waals surface area contributed by atoms with Crippen molar-refractivity contribution in [2.45, 2.75) is 38.6 Å². The molecule has 1 aromatic heterocycles. The van der Waals surface area contributed by atoms with Gasteiger partial charge in [-0.2, -0.15) is 0 Å². The van der Waals surface area contributed by atoms with Crippen LogP contribution in [0.25, 0.3) is 0 Å². The number of thiazole rings is 1. The van der Waals surface area contributed by atoms with E-state index >= 15 is 0 Å². The van der Waals surface area contributed by atoms with E-state index in [2.05, 4.69) is 10.4 Å². The number of sulfone groups is 1. The molecule has 0 bridgehead atoms. The fourth-order valence-electron chi connectivity index (χ4n) is 2.26. The van der Waals surface area contributed by atoms with Gasteiger partial charge in [0.1, 0.15) is 9.84 Å². The molecular formula is C12H20N2O2S2. The van der Waals surface area contributed by atoms with Crippen LogP contribution in [0.5, 0.6) is 0 Å². The van der Waals surface area contributed by atoms with Gasteiger partial charge in [-0.3, -0.25) is 0 Å². The Kier molecular flexibility index (Phi) is 4.40. The van der Waals surface area contributed by atoms with Crippen molar-refractivity contribution in [2.75, 3.05) is 11.5 Å². The number of aromatic nitrogens is 1. The lowest BCUT2D eigenvalue weighted by Gasteiger charge is -2.20. The van der Waals surface area contributed by atoms with Gasteiger partial charge in [0.15, 0.2) is 0 Å². The summed E-state index contributed by atoms with van der Waals surface area (Å²) in [6.45, 7) is 1.98. The molecule has 0 aliphatic carbocycles. The van der Waals surface area contributed by atoms with Gasteiger partial charge in [0.2, 0.25) is 0 Å². The third-order valence-corrected chi connectivity index (χ3v) is 5.90. The van der Waals surface area contributed by atoms with Crippen molar-refractivity contribution in [3.8, 4) is 0 Å². The van der Waals surface area contributed by atoms with Gasteiger partial charge < -0.3 is 5.73 Å². The number of hydrogen-bond acceptors (Lipinski definition) is 5. The first-order valence-electron chi connectivity index (χ1n) is 6.34. The molecule has 2 heterocycles. The van der Waals surface area contributed by atoms with Crippen molar-refractivity contribution in [3.63, 3.8) is 0 Å². The summed E-state index contributed by atoms with van der Waals surface area (Å²) in [7, 11) is -2.75. The van der Waals surface area contributed by atoms with Crippen molar-refractivity contribution in [3.05, 3.63) is 16.1 Å². The van der Waals surface area contributed by atoms with E-state index in [0.717, 1.165) is 36.4 Å². The van der Waals surface area contributed by atoms with E-state index in [1.165, 1.54) is 0 Å². The van der Waals surface area contributed by atoms with Gasteiger partial charge in [-0.05, 0) is 25.7 Å². The molecule has 1 aliphatic rings. The summed E-state index contributed by atoms with van der Waals surface area (Å²) in [5, 5.41) is 3.19. The van der Waals surface area contributed by atoms with E-state index in [0.29, 0.717) is 17.4 Å². The smallest absolute Gasteiger partial charge is 0.150 e. The quantitative estimate of drug-likeness (QED) is 0.909. The number of hydrogen-bond donors (Lipinski definition) is 1. The third-order valence-electron chi connectivity index (χ3n) is 3.27. The molecule has 1 unspecified atom stereocenters. The Labute approximate surface area is 113 Å². The monoisotopic (exact) mass is 288 g/mol. The average Bonchev–Trinajstić information content (AvgIpc) is 2.68. The minimum Gasteiger partial charge on any atom is -0.328 e. The van der Waals surface area contributed by atoms with Crippen molar-refractivity contribution in [2.24, 2.45) is 11.7 Å². The van der Waals surface area contributed by atoms with Crippen LogP contribution in [0.4, 0.5) is 0 Å². The average molecular weight is 288 g/mol. The maximum Gasteiger partial charge on any atom is 0.150 e. The summed E-state index contributed by atoms with van der Waals surface area (Å²) in [5.41, 5.74) is 6.81. The lowest BCUT2D eigenvalue weighted by atomic mass is 9.99. The minimum atomic E-state index is -2.75. The molecule has 0 amide bonds.